The second-order valence-corrected chi connectivity index (χ2v) is 4.72. The molecule has 0 amide bonds. The monoisotopic (exact) mass is 196 g/mol. The van der Waals surface area contributed by atoms with Crippen LogP contribution in [0, 0.1) is 0 Å². The van der Waals surface area contributed by atoms with Crippen LogP contribution in [0.3, 0.4) is 0 Å². The molecule has 0 atom stereocenters. The van der Waals surface area contributed by atoms with Crippen molar-refractivity contribution in [2.24, 2.45) is 0 Å². The maximum atomic E-state index is 9.11. The molecular weight excluding hydrogens is 187 g/mol. The normalized spacial score (nSPS) is 10.1. The summed E-state index contributed by atoms with van der Waals surface area (Å²) in [6.45, 7) is 0.378. The quantitative estimate of drug-likeness (QED) is 0.525. The van der Waals surface area contributed by atoms with Crippen molar-refractivity contribution in [2.45, 2.75) is 10.1 Å². The van der Waals surface area contributed by atoms with Crippen molar-refractivity contribution in [1.82, 2.24) is 0 Å². The van der Waals surface area contributed by atoms with Gasteiger partial charge in [-0.3, -0.25) is 9.11 Å². The standard InChI is InChI=1S/C3H7O.Na.H2O3S2/c1-2-3-4;;1-5(2,3)4/h4H,1-3H2;;(H2,1,2,3,4). The van der Waals surface area contributed by atoms with Crippen molar-refractivity contribution in [3.05, 3.63) is 0 Å². The molecule has 0 aliphatic carbocycles. The molecule has 0 heterocycles. The number of hydrogen-bond donors (Lipinski definition) is 3. The molecule has 0 saturated carbocycles. The molecule has 0 saturated heterocycles. The summed E-state index contributed by atoms with van der Waals surface area (Å²) in [7, 11) is -3.83. The van der Waals surface area contributed by atoms with Gasteiger partial charge in [0.1, 0.15) is 0 Å². The van der Waals surface area contributed by atoms with Crippen LogP contribution in [0.25, 0.3) is 0 Å². The van der Waals surface area contributed by atoms with Crippen LogP contribution in [0.4, 0.5) is 0 Å². The Morgan fingerprint density at radius 3 is 1.80 bits per heavy atom. The number of hydrogen-bond acceptors (Lipinski definition) is 3. The number of aliphatic hydroxyl groups excluding tert-OH is 1. The molecule has 7 heteroatoms. The van der Waals surface area contributed by atoms with Crippen molar-refractivity contribution >= 4 is 48.2 Å². The molecule has 3 N–H and O–H groups in total. The van der Waals surface area contributed by atoms with E-state index in [0.717, 1.165) is 6.42 Å². The summed E-state index contributed by atoms with van der Waals surface area (Å²) in [6.07, 6.45) is 1.01. The van der Waals surface area contributed by atoms with Crippen molar-refractivity contribution in [1.29, 1.82) is 0 Å². The van der Waals surface area contributed by atoms with Gasteiger partial charge in [-0.25, -0.2) is 0 Å². The van der Waals surface area contributed by atoms with E-state index in [-0.39, 0.29) is 0 Å². The molecule has 0 aromatic carbocycles. The second kappa shape index (κ2) is 8.35. The summed E-state index contributed by atoms with van der Waals surface area (Å²) in [5.74, 6) is 0. The van der Waals surface area contributed by atoms with Crippen LogP contribution in [0.5, 0.6) is 0 Å². The summed E-state index contributed by atoms with van der Waals surface area (Å²) in [6, 6.07) is 0. The van der Waals surface area contributed by atoms with E-state index in [9.17, 15) is 0 Å². The first-order chi connectivity index (χ1) is 4.41. The molecule has 0 aliphatic heterocycles. The molecular formula is C3H9NaO4S2. The Balaban J connectivity index is 0. The third kappa shape index (κ3) is 59.6. The first-order valence-electron chi connectivity index (χ1n) is 2.72. The predicted octanol–water partition coefficient (Wildman–Crippen LogP) is -0.366. The van der Waals surface area contributed by atoms with Crippen LogP contribution in [0.2, 0.25) is 3.67 Å². The average Bonchev–Trinajstić information content (AvgIpc) is 1.63. The molecule has 0 rings (SSSR count). The summed E-state index contributed by atoms with van der Waals surface area (Å²) in [5.41, 5.74) is 0. The average molecular weight is 196 g/mol. The van der Waals surface area contributed by atoms with Crippen molar-refractivity contribution < 1.29 is 18.4 Å². The fourth-order valence-electron chi connectivity index (χ4n) is 0.158. The summed E-state index contributed by atoms with van der Waals surface area (Å²) < 4.78 is 25.2. The fourth-order valence-corrected chi connectivity index (χ4v) is 0.474. The summed E-state index contributed by atoms with van der Waals surface area (Å²) in [5, 5.41) is 8.09. The zero-order chi connectivity index (χ0) is 8.62. The first kappa shape index (κ1) is 13.8. The molecule has 0 bridgehead atoms. The van der Waals surface area contributed by atoms with Gasteiger partial charge >= 0.3 is 49.7 Å². The van der Waals surface area contributed by atoms with Crippen molar-refractivity contribution in [3.8, 4) is 0 Å². The summed E-state index contributed by atoms with van der Waals surface area (Å²) in [4.78, 5) is 0. The van der Waals surface area contributed by atoms with E-state index in [1.165, 1.54) is 31.6 Å². The Morgan fingerprint density at radius 1 is 1.50 bits per heavy atom. The third-order valence-electron chi connectivity index (χ3n) is 0.512. The second-order valence-electron chi connectivity index (χ2n) is 1.52. The molecule has 10 heavy (non-hydrogen) atoms. The van der Waals surface area contributed by atoms with Gasteiger partial charge in [0, 0.05) is 11.2 Å². The van der Waals surface area contributed by atoms with Crippen molar-refractivity contribution in [3.63, 3.8) is 0 Å². The predicted molar refractivity (Wildman–Crippen MR) is 43.0 cm³/mol. The molecule has 0 aliphatic rings. The van der Waals surface area contributed by atoms with Crippen molar-refractivity contribution in [2.75, 3.05) is 6.61 Å². The van der Waals surface area contributed by atoms with Crippen LogP contribution < -0.4 is 0 Å². The van der Waals surface area contributed by atoms with Crippen LogP contribution in [0.1, 0.15) is 6.42 Å². The van der Waals surface area contributed by atoms with Gasteiger partial charge in [0.05, 0.1) is 0 Å². The molecule has 0 unspecified atom stereocenters. The van der Waals surface area contributed by atoms with E-state index in [2.05, 4.69) is 11.2 Å². The van der Waals surface area contributed by atoms with Gasteiger partial charge in [0.2, 0.25) is 0 Å². The molecule has 0 aromatic rings. The van der Waals surface area contributed by atoms with E-state index in [1.807, 2.05) is 0 Å². The van der Waals surface area contributed by atoms with Gasteiger partial charge in [-0.1, -0.05) is 0 Å². The van der Waals surface area contributed by atoms with E-state index < -0.39 is 9.05 Å². The molecule has 0 fully saturated rings. The van der Waals surface area contributed by atoms with Crippen LogP contribution >= 0.6 is 0 Å². The zero-order valence-corrected chi connectivity index (χ0v) is 9.32. The van der Waals surface area contributed by atoms with Gasteiger partial charge in [-0.2, -0.15) is 4.21 Å². The van der Waals surface area contributed by atoms with Crippen LogP contribution in [0.15, 0.2) is 0 Å². The fraction of sp³-hybridized carbons (Fsp3) is 1.00. The van der Waals surface area contributed by atoms with Crippen LogP contribution in [-0.2, 0) is 20.2 Å². The topological polar surface area (TPSA) is 77.8 Å². The molecule has 58 valence electrons. The zero-order valence-electron chi connectivity index (χ0n) is 5.69. The number of aliphatic hydroxyl groups is 1. The SMILES string of the molecule is O=S(O)(O)=S.OCC[CH2][Na]. The first-order valence-corrected chi connectivity index (χ1v) is 6.53. The Labute approximate surface area is 82.8 Å². The van der Waals surface area contributed by atoms with Gasteiger partial charge in [0.15, 0.2) is 0 Å². The summed E-state index contributed by atoms with van der Waals surface area (Å²) >= 11 is 4.70. The van der Waals surface area contributed by atoms with E-state index in [4.69, 9.17) is 18.4 Å². The minimum atomic E-state index is -3.83. The molecule has 4 nitrogen and oxygen atoms in total. The van der Waals surface area contributed by atoms with Crippen LogP contribution in [-0.4, -0.2) is 53.0 Å². The molecule has 0 radical (unpaired) electrons. The van der Waals surface area contributed by atoms with Gasteiger partial charge in [-0.15, -0.1) is 0 Å². The van der Waals surface area contributed by atoms with E-state index in [1.54, 1.807) is 0 Å². The molecule has 0 aromatic heterocycles. The Hall–Kier alpha value is 1.25. The number of rotatable bonds is 2. The van der Waals surface area contributed by atoms with Gasteiger partial charge in [-0.05, 0) is 0 Å². The minimum absolute atomic E-state index is 0.378. The van der Waals surface area contributed by atoms with Gasteiger partial charge < -0.3 is 0 Å². The Kier molecular flexibility index (Phi) is 11.5. The maximum absolute atomic E-state index is 9.11. The Bertz CT molecular complexity index is 133. The van der Waals surface area contributed by atoms with E-state index >= 15 is 0 Å². The van der Waals surface area contributed by atoms with E-state index in [0.29, 0.717) is 6.61 Å². The van der Waals surface area contributed by atoms with Gasteiger partial charge in [0.25, 0.3) is 9.05 Å². The molecule has 0 spiro atoms. The Morgan fingerprint density at radius 2 is 1.80 bits per heavy atom. The third-order valence-corrected chi connectivity index (χ3v) is 1.22.